The molecule has 0 atom stereocenters. The minimum Gasteiger partial charge on any atom is -0.367 e. The van der Waals surface area contributed by atoms with E-state index in [1.54, 1.807) is 17.7 Å². The highest BCUT2D eigenvalue weighted by molar-refractivity contribution is 7.26. The standard InChI is InChI=1S/C22H31N5S/c1-4-9-17-15-10-7-8-11-16(15)18-19-20(28-22(18)26-17)21(25-14-24-19)23-12-13-27(5-2)6-3/h14H,4-13H2,1-3H3,(H,23,24,25). The highest BCUT2D eigenvalue weighted by Crippen LogP contribution is 2.40. The van der Waals surface area contributed by atoms with Gasteiger partial charge in [-0.05, 0) is 56.3 Å². The second kappa shape index (κ2) is 8.70. The first-order valence-electron chi connectivity index (χ1n) is 10.8. The van der Waals surface area contributed by atoms with Gasteiger partial charge < -0.3 is 10.2 Å². The number of likely N-dealkylation sites (N-methyl/N-ethyl adjacent to an activating group) is 1. The summed E-state index contributed by atoms with van der Waals surface area (Å²) in [5, 5.41) is 4.85. The number of fused-ring (bicyclic) bond motifs is 5. The lowest BCUT2D eigenvalue weighted by Gasteiger charge is -2.19. The van der Waals surface area contributed by atoms with Crippen LogP contribution in [0.3, 0.4) is 0 Å². The van der Waals surface area contributed by atoms with E-state index < -0.39 is 0 Å². The van der Waals surface area contributed by atoms with Crippen molar-refractivity contribution in [3.05, 3.63) is 23.1 Å². The Labute approximate surface area is 171 Å². The molecular formula is C22H31N5S. The van der Waals surface area contributed by atoms with Gasteiger partial charge in [0.1, 0.15) is 17.0 Å². The van der Waals surface area contributed by atoms with Crippen molar-refractivity contribution in [3.63, 3.8) is 0 Å². The highest BCUT2D eigenvalue weighted by Gasteiger charge is 2.22. The zero-order valence-electron chi connectivity index (χ0n) is 17.3. The minimum atomic E-state index is 0.897. The smallest absolute Gasteiger partial charge is 0.147 e. The number of aromatic nitrogens is 3. The second-order valence-electron chi connectivity index (χ2n) is 7.61. The lowest BCUT2D eigenvalue weighted by Crippen LogP contribution is -2.28. The van der Waals surface area contributed by atoms with Crippen LogP contribution in [0, 0.1) is 0 Å². The lowest BCUT2D eigenvalue weighted by molar-refractivity contribution is 0.316. The summed E-state index contributed by atoms with van der Waals surface area (Å²) >= 11 is 1.76. The molecule has 4 rings (SSSR count). The Kier molecular flexibility index (Phi) is 6.07. The molecule has 28 heavy (non-hydrogen) atoms. The van der Waals surface area contributed by atoms with E-state index in [4.69, 9.17) is 9.97 Å². The molecular weight excluding hydrogens is 366 g/mol. The largest absolute Gasteiger partial charge is 0.367 e. The summed E-state index contributed by atoms with van der Waals surface area (Å²) in [6.45, 7) is 10.7. The predicted octanol–water partition coefficient (Wildman–Crippen LogP) is 4.82. The maximum Gasteiger partial charge on any atom is 0.147 e. The number of nitrogens with one attached hydrogen (secondary N) is 1. The monoisotopic (exact) mass is 397 g/mol. The topological polar surface area (TPSA) is 53.9 Å². The van der Waals surface area contributed by atoms with E-state index in [9.17, 15) is 0 Å². The number of pyridine rings is 1. The summed E-state index contributed by atoms with van der Waals surface area (Å²) < 4.78 is 1.16. The van der Waals surface area contributed by atoms with Gasteiger partial charge in [0.2, 0.25) is 0 Å². The molecule has 0 spiro atoms. The van der Waals surface area contributed by atoms with Gasteiger partial charge in [-0.3, -0.25) is 0 Å². The van der Waals surface area contributed by atoms with Gasteiger partial charge in [0.25, 0.3) is 0 Å². The summed E-state index contributed by atoms with van der Waals surface area (Å²) in [6.07, 6.45) is 8.82. The minimum absolute atomic E-state index is 0.897. The molecule has 0 aromatic carbocycles. The number of aryl methyl sites for hydroxylation is 2. The van der Waals surface area contributed by atoms with Gasteiger partial charge in [-0.25, -0.2) is 15.0 Å². The van der Waals surface area contributed by atoms with Gasteiger partial charge in [0, 0.05) is 24.2 Å². The quantitative estimate of drug-likeness (QED) is 0.590. The first-order chi connectivity index (χ1) is 13.8. The van der Waals surface area contributed by atoms with Gasteiger partial charge in [-0.1, -0.05) is 27.2 Å². The average molecular weight is 398 g/mol. The number of anilines is 1. The van der Waals surface area contributed by atoms with E-state index in [1.807, 2.05) is 0 Å². The summed E-state index contributed by atoms with van der Waals surface area (Å²) in [5.74, 6) is 0.960. The van der Waals surface area contributed by atoms with E-state index >= 15 is 0 Å². The van der Waals surface area contributed by atoms with Gasteiger partial charge >= 0.3 is 0 Å². The number of thiophene rings is 1. The Balaban J connectivity index is 1.75. The molecule has 150 valence electrons. The second-order valence-corrected chi connectivity index (χ2v) is 8.61. The molecule has 3 aromatic rings. The first kappa shape index (κ1) is 19.5. The normalized spacial score (nSPS) is 14.1. The Hall–Kier alpha value is -1.79. The fourth-order valence-electron chi connectivity index (χ4n) is 4.38. The van der Waals surface area contributed by atoms with E-state index in [0.29, 0.717) is 0 Å². The Morgan fingerprint density at radius 1 is 1.07 bits per heavy atom. The fraction of sp³-hybridized carbons (Fsp3) is 0.591. The summed E-state index contributed by atoms with van der Waals surface area (Å²) in [6, 6.07) is 0. The van der Waals surface area contributed by atoms with Crippen LogP contribution in [-0.2, 0) is 19.3 Å². The van der Waals surface area contributed by atoms with Crippen molar-refractivity contribution in [3.8, 4) is 0 Å². The number of nitrogens with zero attached hydrogens (tertiary/aromatic N) is 4. The molecule has 6 heteroatoms. The molecule has 3 aromatic heterocycles. The summed E-state index contributed by atoms with van der Waals surface area (Å²) in [4.78, 5) is 17.9. The third kappa shape index (κ3) is 3.60. The lowest BCUT2D eigenvalue weighted by atomic mass is 9.88. The Morgan fingerprint density at radius 2 is 1.86 bits per heavy atom. The molecule has 1 N–H and O–H groups in total. The molecule has 0 aliphatic heterocycles. The summed E-state index contributed by atoms with van der Waals surface area (Å²) in [5.41, 5.74) is 5.43. The van der Waals surface area contributed by atoms with Gasteiger partial charge in [-0.2, -0.15) is 0 Å². The van der Waals surface area contributed by atoms with Crippen molar-refractivity contribution in [2.24, 2.45) is 0 Å². The molecule has 1 aliphatic carbocycles. The van der Waals surface area contributed by atoms with E-state index in [-0.39, 0.29) is 0 Å². The van der Waals surface area contributed by atoms with Crippen molar-refractivity contribution in [2.75, 3.05) is 31.5 Å². The number of rotatable bonds is 8. The van der Waals surface area contributed by atoms with Crippen molar-refractivity contribution in [1.29, 1.82) is 0 Å². The third-order valence-corrected chi connectivity index (χ3v) is 6.99. The molecule has 0 amide bonds. The van der Waals surface area contributed by atoms with Crippen LogP contribution in [0.2, 0.25) is 0 Å². The van der Waals surface area contributed by atoms with Crippen LogP contribution in [0.15, 0.2) is 6.33 Å². The highest BCUT2D eigenvalue weighted by atomic mass is 32.1. The molecule has 0 saturated heterocycles. The van der Waals surface area contributed by atoms with Gasteiger partial charge in [0.15, 0.2) is 0 Å². The van der Waals surface area contributed by atoms with E-state index in [0.717, 1.165) is 66.3 Å². The zero-order chi connectivity index (χ0) is 19.5. The SMILES string of the molecule is CCCc1nc2sc3c(NCCN(CC)CC)ncnc3c2c2c1CCCC2. The maximum atomic E-state index is 5.11. The molecule has 0 fully saturated rings. The molecule has 0 radical (unpaired) electrons. The number of hydrogen-bond acceptors (Lipinski definition) is 6. The van der Waals surface area contributed by atoms with Gasteiger partial charge in [-0.15, -0.1) is 11.3 Å². The first-order valence-corrected chi connectivity index (χ1v) is 11.6. The van der Waals surface area contributed by atoms with Crippen molar-refractivity contribution < 1.29 is 0 Å². The fourth-order valence-corrected chi connectivity index (χ4v) is 5.52. The van der Waals surface area contributed by atoms with Crippen LogP contribution in [-0.4, -0.2) is 46.0 Å². The van der Waals surface area contributed by atoms with Crippen LogP contribution in [0.4, 0.5) is 5.82 Å². The summed E-state index contributed by atoms with van der Waals surface area (Å²) in [7, 11) is 0. The zero-order valence-corrected chi connectivity index (χ0v) is 18.2. The van der Waals surface area contributed by atoms with Crippen molar-refractivity contribution in [2.45, 2.75) is 59.3 Å². The molecule has 0 unspecified atom stereocenters. The molecule has 3 heterocycles. The van der Waals surface area contributed by atoms with Crippen LogP contribution in [0.5, 0.6) is 0 Å². The van der Waals surface area contributed by atoms with Crippen LogP contribution >= 0.6 is 11.3 Å². The number of hydrogen-bond donors (Lipinski definition) is 1. The molecule has 0 bridgehead atoms. The molecule has 1 aliphatic rings. The molecule has 0 saturated carbocycles. The average Bonchev–Trinajstić information content (AvgIpc) is 3.11. The Morgan fingerprint density at radius 3 is 2.61 bits per heavy atom. The van der Waals surface area contributed by atoms with Crippen LogP contribution in [0.25, 0.3) is 20.4 Å². The van der Waals surface area contributed by atoms with Crippen LogP contribution in [0.1, 0.15) is 56.9 Å². The predicted molar refractivity (Wildman–Crippen MR) is 120 cm³/mol. The van der Waals surface area contributed by atoms with E-state index in [1.165, 1.54) is 41.5 Å². The maximum absolute atomic E-state index is 5.11. The Bertz CT molecular complexity index is 961. The van der Waals surface area contributed by atoms with Gasteiger partial charge in [0.05, 0.1) is 10.2 Å². The van der Waals surface area contributed by atoms with Crippen LogP contribution < -0.4 is 5.32 Å². The van der Waals surface area contributed by atoms with Crippen molar-refractivity contribution >= 4 is 37.6 Å². The van der Waals surface area contributed by atoms with E-state index in [2.05, 4.69) is 36.0 Å². The van der Waals surface area contributed by atoms with Crippen molar-refractivity contribution in [1.82, 2.24) is 19.9 Å². The molecule has 5 nitrogen and oxygen atoms in total. The third-order valence-electron chi connectivity index (χ3n) is 5.91.